The van der Waals surface area contributed by atoms with Gasteiger partial charge < -0.3 is 5.32 Å². The number of aryl methyl sites for hydroxylation is 1. The van der Waals surface area contributed by atoms with Crippen LogP contribution >= 0.6 is 15.9 Å². The third kappa shape index (κ3) is 3.13. The first-order valence-electron chi connectivity index (χ1n) is 6.67. The fourth-order valence-corrected chi connectivity index (χ4v) is 2.48. The first-order valence-corrected chi connectivity index (χ1v) is 7.46. The molecule has 0 aliphatic carbocycles. The molecule has 2 N–H and O–H groups in total. The minimum Gasteiger partial charge on any atom is -0.381 e. The van der Waals surface area contributed by atoms with Crippen LogP contribution in [0.1, 0.15) is 11.1 Å². The van der Waals surface area contributed by atoms with Crippen molar-refractivity contribution in [2.75, 3.05) is 5.32 Å². The number of H-pyrrole nitrogens is 1. The van der Waals surface area contributed by atoms with Gasteiger partial charge in [0.2, 0.25) is 0 Å². The summed E-state index contributed by atoms with van der Waals surface area (Å²) >= 11 is 3.55. The number of benzene rings is 1. The third-order valence-electron chi connectivity index (χ3n) is 3.32. The molecule has 3 aromatic rings. The molecule has 21 heavy (non-hydrogen) atoms. The Balaban J connectivity index is 1.77. The molecule has 5 heteroatoms. The van der Waals surface area contributed by atoms with Gasteiger partial charge in [0.15, 0.2) is 0 Å². The summed E-state index contributed by atoms with van der Waals surface area (Å²) < 4.78 is 1.10. The van der Waals surface area contributed by atoms with Gasteiger partial charge in [0.1, 0.15) is 0 Å². The minimum absolute atomic E-state index is 0.705. The molecule has 0 spiro atoms. The minimum atomic E-state index is 0.705. The predicted octanol–water partition coefficient (Wildman–Crippen LogP) is 4.15. The van der Waals surface area contributed by atoms with Crippen molar-refractivity contribution in [3.8, 4) is 11.3 Å². The number of nitrogens with one attached hydrogen (secondary N) is 2. The Morgan fingerprint density at radius 2 is 2.14 bits per heavy atom. The van der Waals surface area contributed by atoms with Gasteiger partial charge in [-0.3, -0.25) is 10.1 Å². The van der Waals surface area contributed by atoms with Gasteiger partial charge in [0.25, 0.3) is 0 Å². The zero-order chi connectivity index (χ0) is 14.7. The molecule has 4 nitrogen and oxygen atoms in total. The van der Waals surface area contributed by atoms with E-state index in [1.165, 1.54) is 5.56 Å². The van der Waals surface area contributed by atoms with Crippen molar-refractivity contribution in [3.63, 3.8) is 0 Å². The average molecular weight is 343 g/mol. The molecule has 0 aliphatic rings. The van der Waals surface area contributed by atoms with Crippen LogP contribution in [0.4, 0.5) is 5.69 Å². The maximum Gasteiger partial charge on any atom is 0.0715 e. The number of aromatic amines is 1. The van der Waals surface area contributed by atoms with E-state index in [1.807, 2.05) is 24.5 Å². The Morgan fingerprint density at radius 1 is 1.24 bits per heavy atom. The summed E-state index contributed by atoms with van der Waals surface area (Å²) in [6.45, 7) is 2.78. The molecule has 2 heterocycles. The Hall–Kier alpha value is -2.14. The van der Waals surface area contributed by atoms with E-state index in [4.69, 9.17) is 0 Å². The maximum atomic E-state index is 4.15. The number of hydrogen-bond donors (Lipinski definition) is 2. The summed E-state index contributed by atoms with van der Waals surface area (Å²) in [5.74, 6) is 0. The smallest absolute Gasteiger partial charge is 0.0715 e. The number of anilines is 1. The molecule has 0 fully saturated rings. The lowest BCUT2D eigenvalue weighted by Crippen LogP contribution is -2.00. The quantitative estimate of drug-likeness (QED) is 0.748. The van der Waals surface area contributed by atoms with Crippen LogP contribution in [0.3, 0.4) is 0 Å². The summed E-state index contributed by atoms with van der Waals surface area (Å²) in [7, 11) is 0. The molecule has 0 amide bonds. The Kier molecular flexibility index (Phi) is 4.01. The zero-order valence-electron chi connectivity index (χ0n) is 11.6. The van der Waals surface area contributed by atoms with Gasteiger partial charge in [-0.1, -0.05) is 22.0 Å². The highest BCUT2D eigenvalue weighted by Crippen LogP contribution is 2.23. The van der Waals surface area contributed by atoms with Crippen molar-refractivity contribution < 1.29 is 0 Å². The molecule has 0 atom stereocenters. The van der Waals surface area contributed by atoms with Gasteiger partial charge >= 0.3 is 0 Å². The SMILES string of the molecule is Cc1ccc(NCc2cn[nH]c2-c2cccnc2)cc1Br. The first kappa shape index (κ1) is 13.8. The molecular weight excluding hydrogens is 328 g/mol. The number of rotatable bonds is 4. The number of pyridine rings is 1. The highest BCUT2D eigenvalue weighted by atomic mass is 79.9. The summed E-state index contributed by atoms with van der Waals surface area (Å²) in [5.41, 5.74) is 5.45. The molecule has 0 radical (unpaired) electrons. The molecule has 0 saturated heterocycles. The summed E-state index contributed by atoms with van der Waals surface area (Å²) in [4.78, 5) is 4.15. The standard InChI is InChI=1S/C16H15BrN4/c1-11-4-5-14(7-15(11)17)19-9-13-10-20-21-16(13)12-3-2-6-18-8-12/h2-8,10,19H,9H2,1H3,(H,20,21). The molecule has 0 aliphatic heterocycles. The lowest BCUT2D eigenvalue weighted by atomic mass is 10.1. The molecular formula is C16H15BrN4. The highest BCUT2D eigenvalue weighted by Gasteiger charge is 2.07. The Morgan fingerprint density at radius 3 is 2.90 bits per heavy atom. The number of hydrogen-bond acceptors (Lipinski definition) is 3. The van der Waals surface area contributed by atoms with E-state index in [0.717, 1.165) is 27.0 Å². The highest BCUT2D eigenvalue weighted by molar-refractivity contribution is 9.10. The van der Waals surface area contributed by atoms with Gasteiger partial charge in [0, 0.05) is 40.2 Å². The van der Waals surface area contributed by atoms with E-state index in [2.05, 4.69) is 61.6 Å². The van der Waals surface area contributed by atoms with Crippen LogP contribution in [0.5, 0.6) is 0 Å². The second-order valence-electron chi connectivity index (χ2n) is 4.83. The molecule has 106 valence electrons. The van der Waals surface area contributed by atoms with Crippen molar-refractivity contribution in [1.82, 2.24) is 15.2 Å². The van der Waals surface area contributed by atoms with Crippen LogP contribution in [-0.4, -0.2) is 15.2 Å². The van der Waals surface area contributed by atoms with Crippen LogP contribution < -0.4 is 5.32 Å². The van der Waals surface area contributed by atoms with E-state index in [9.17, 15) is 0 Å². The van der Waals surface area contributed by atoms with Crippen LogP contribution in [0.2, 0.25) is 0 Å². The van der Waals surface area contributed by atoms with Crippen molar-refractivity contribution in [2.24, 2.45) is 0 Å². The largest absolute Gasteiger partial charge is 0.381 e. The summed E-state index contributed by atoms with van der Waals surface area (Å²) in [5, 5.41) is 10.6. The number of nitrogens with zero attached hydrogens (tertiary/aromatic N) is 2. The average Bonchev–Trinajstić information content (AvgIpc) is 2.98. The van der Waals surface area contributed by atoms with Crippen molar-refractivity contribution in [1.29, 1.82) is 0 Å². The monoisotopic (exact) mass is 342 g/mol. The normalized spacial score (nSPS) is 10.6. The van der Waals surface area contributed by atoms with E-state index in [1.54, 1.807) is 6.20 Å². The van der Waals surface area contributed by atoms with Crippen LogP contribution in [0.25, 0.3) is 11.3 Å². The lowest BCUT2D eigenvalue weighted by molar-refractivity contribution is 1.09. The van der Waals surface area contributed by atoms with Gasteiger partial charge in [-0.05, 0) is 36.8 Å². The third-order valence-corrected chi connectivity index (χ3v) is 4.18. The second-order valence-corrected chi connectivity index (χ2v) is 5.68. The molecule has 2 aromatic heterocycles. The topological polar surface area (TPSA) is 53.6 Å². The van der Waals surface area contributed by atoms with E-state index in [0.29, 0.717) is 6.54 Å². The van der Waals surface area contributed by atoms with Gasteiger partial charge in [-0.15, -0.1) is 0 Å². The van der Waals surface area contributed by atoms with Gasteiger partial charge in [-0.25, -0.2) is 0 Å². The Labute approximate surface area is 131 Å². The molecule has 0 bridgehead atoms. The lowest BCUT2D eigenvalue weighted by Gasteiger charge is -2.08. The van der Waals surface area contributed by atoms with Gasteiger partial charge in [0.05, 0.1) is 11.9 Å². The van der Waals surface area contributed by atoms with Crippen LogP contribution in [-0.2, 0) is 6.54 Å². The maximum absolute atomic E-state index is 4.15. The van der Waals surface area contributed by atoms with Crippen molar-refractivity contribution in [2.45, 2.75) is 13.5 Å². The molecule has 0 unspecified atom stereocenters. The first-order chi connectivity index (χ1) is 10.2. The Bertz CT molecular complexity index is 737. The van der Waals surface area contributed by atoms with E-state index in [-0.39, 0.29) is 0 Å². The van der Waals surface area contributed by atoms with Crippen molar-refractivity contribution >= 4 is 21.6 Å². The van der Waals surface area contributed by atoms with Crippen molar-refractivity contribution in [3.05, 3.63) is 64.5 Å². The second kappa shape index (κ2) is 6.10. The fourth-order valence-electron chi connectivity index (χ4n) is 2.11. The predicted molar refractivity (Wildman–Crippen MR) is 88.0 cm³/mol. The molecule has 3 rings (SSSR count). The molecule has 1 aromatic carbocycles. The summed E-state index contributed by atoms with van der Waals surface area (Å²) in [6.07, 6.45) is 5.44. The van der Waals surface area contributed by atoms with Crippen LogP contribution in [0.15, 0.2) is 53.4 Å². The fraction of sp³-hybridized carbons (Fsp3) is 0.125. The zero-order valence-corrected chi connectivity index (χ0v) is 13.2. The molecule has 0 saturated carbocycles. The van der Waals surface area contributed by atoms with E-state index < -0.39 is 0 Å². The van der Waals surface area contributed by atoms with Crippen LogP contribution in [0, 0.1) is 6.92 Å². The number of halogens is 1. The number of aromatic nitrogens is 3. The van der Waals surface area contributed by atoms with Gasteiger partial charge in [-0.2, -0.15) is 5.10 Å². The summed E-state index contributed by atoms with van der Waals surface area (Å²) in [6, 6.07) is 10.2. The van der Waals surface area contributed by atoms with E-state index >= 15 is 0 Å².